The first-order valence-electron chi connectivity index (χ1n) is 11.5. The van der Waals surface area contributed by atoms with Gasteiger partial charge in [0.2, 0.25) is 0 Å². The summed E-state index contributed by atoms with van der Waals surface area (Å²) in [5, 5.41) is 2.62. The molecule has 1 aliphatic rings. The topological polar surface area (TPSA) is 112 Å². The van der Waals surface area contributed by atoms with Gasteiger partial charge in [-0.2, -0.15) is 23.8 Å². The summed E-state index contributed by atoms with van der Waals surface area (Å²) in [4.78, 5) is 41.1. The summed E-state index contributed by atoms with van der Waals surface area (Å²) >= 11 is 0. The molecule has 0 radical (unpaired) electrons. The molecule has 0 aliphatic carbocycles. The molecular weight excluding hydrogens is 523 g/mol. The van der Waals surface area contributed by atoms with Gasteiger partial charge in [0.05, 0.1) is 16.0 Å². The molecule has 0 spiro atoms. The van der Waals surface area contributed by atoms with E-state index in [-0.39, 0.29) is 29.2 Å². The summed E-state index contributed by atoms with van der Waals surface area (Å²) in [6.45, 7) is 1.42. The van der Waals surface area contributed by atoms with Crippen LogP contribution in [0.15, 0.2) is 58.2 Å². The number of halogens is 3. The first-order valence-corrected chi connectivity index (χ1v) is 13.2. The maximum absolute atomic E-state index is 13.4. The summed E-state index contributed by atoms with van der Waals surface area (Å²) in [7, 11) is 0.145. The highest BCUT2D eigenvalue weighted by Gasteiger charge is 2.31. The smallest absolute Gasteiger partial charge is 0.348 e. The number of nitrogens with one attached hydrogen (secondary N) is 1. The summed E-state index contributed by atoms with van der Waals surface area (Å²) in [6, 6.07) is 10.2. The van der Waals surface area contributed by atoms with E-state index in [9.17, 15) is 36.7 Å². The molecule has 0 unspecified atom stereocenters. The summed E-state index contributed by atoms with van der Waals surface area (Å²) < 4.78 is 61.2. The molecular formula is C26H26F3N3O5S. The molecule has 8 nitrogen and oxygen atoms in total. The van der Waals surface area contributed by atoms with Crippen molar-refractivity contribution < 1.29 is 31.9 Å². The molecule has 2 aromatic carbocycles. The molecule has 0 atom stereocenters. The van der Waals surface area contributed by atoms with E-state index >= 15 is 0 Å². The summed E-state index contributed by atoms with van der Waals surface area (Å²) in [5.74, 6) is -1.11. The van der Waals surface area contributed by atoms with Crippen LogP contribution < -0.4 is 10.9 Å². The maximum Gasteiger partial charge on any atom is 0.416 e. The molecule has 202 valence electrons. The molecule has 2 heterocycles. The van der Waals surface area contributed by atoms with Crippen LogP contribution in [0.2, 0.25) is 0 Å². The third-order valence-corrected chi connectivity index (χ3v) is 8.22. The molecule has 1 aliphatic heterocycles. The average molecular weight is 550 g/mol. The minimum Gasteiger partial charge on any atom is -0.348 e. The average Bonchev–Trinajstić information content (AvgIpc) is 3.15. The number of alkyl halides is 3. The van der Waals surface area contributed by atoms with Crippen LogP contribution in [-0.2, 0) is 19.1 Å². The number of nitrogens with zero attached hydrogens (tertiary/aromatic N) is 2. The number of benzene rings is 2. The Hall–Kier alpha value is -3.61. The molecule has 2 amide bonds. The Labute approximate surface area is 218 Å². The van der Waals surface area contributed by atoms with Crippen molar-refractivity contribution in [3.8, 4) is 5.69 Å². The van der Waals surface area contributed by atoms with Crippen molar-refractivity contribution in [1.82, 2.24) is 14.8 Å². The van der Waals surface area contributed by atoms with E-state index in [2.05, 4.69) is 5.32 Å². The Kier molecular flexibility index (Phi) is 7.17. The number of carbonyl (C=O) groups is 2. The normalized spacial score (nSPS) is 15.1. The van der Waals surface area contributed by atoms with E-state index < -0.39 is 45.3 Å². The van der Waals surface area contributed by atoms with Gasteiger partial charge in [-0.1, -0.05) is 18.2 Å². The molecule has 4 rings (SSSR count). The zero-order valence-corrected chi connectivity index (χ0v) is 21.6. The van der Waals surface area contributed by atoms with E-state index in [0.29, 0.717) is 16.9 Å². The third kappa shape index (κ3) is 5.19. The van der Waals surface area contributed by atoms with E-state index in [1.807, 2.05) is 0 Å². The molecule has 1 aromatic heterocycles. The SMILES string of the molecule is Cc1c(C(=O)N(C)C)cc(C(=O)NCc2ccc3c(c2)CCS3(O)O)c(=O)n1-c1cccc(C(F)(F)F)c1. The largest absolute Gasteiger partial charge is 0.416 e. The number of aromatic nitrogens is 1. The van der Waals surface area contributed by atoms with Crippen molar-refractivity contribution in [1.29, 1.82) is 0 Å². The predicted octanol–water partition coefficient (Wildman–Crippen LogP) is 4.46. The fourth-order valence-electron chi connectivity index (χ4n) is 4.35. The molecule has 0 fully saturated rings. The highest BCUT2D eigenvalue weighted by Crippen LogP contribution is 2.54. The van der Waals surface area contributed by atoms with Crippen LogP contribution in [0.1, 0.15) is 43.1 Å². The van der Waals surface area contributed by atoms with E-state index in [4.69, 9.17) is 0 Å². The van der Waals surface area contributed by atoms with Crippen LogP contribution in [-0.4, -0.2) is 50.2 Å². The van der Waals surface area contributed by atoms with Gasteiger partial charge in [0.25, 0.3) is 17.4 Å². The third-order valence-electron chi connectivity index (χ3n) is 6.35. The Bertz CT molecular complexity index is 1500. The second-order valence-electron chi connectivity index (χ2n) is 9.19. The minimum absolute atomic E-state index is 0.000854. The van der Waals surface area contributed by atoms with Gasteiger partial charge in [-0.05, 0) is 54.8 Å². The van der Waals surface area contributed by atoms with Gasteiger partial charge in [0.1, 0.15) is 5.56 Å². The van der Waals surface area contributed by atoms with Crippen molar-refractivity contribution in [3.63, 3.8) is 0 Å². The quantitative estimate of drug-likeness (QED) is 0.435. The van der Waals surface area contributed by atoms with Crippen LogP contribution >= 0.6 is 10.6 Å². The summed E-state index contributed by atoms with van der Waals surface area (Å²) in [6.07, 6.45) is -4.18. The number of aryl methyl sites for hydroxylation is 1. The summed E-state index contributed by atoms with van der Waals surface area (Å²) in [5.41, 5.74) is -0.914. The minimum atomic E-state index is -4.66. The standard InChI is InChI=1S/C26H26F3N3O5S/c1-15-20(24(34)31(2)3)13-21(25(35)32(15)19-6-4-5-18(12-19)26(27,28)29)23(33)30-14-16-7-8-22-17(11-16)9-10-38(22,36)37/h4-8,11-13,36-37H,9-10,14H2,1-3H3,(H,30,33). The van der Waals surface area contributed by atoms with Gasteiger partial charge in [-0.3, -0.25) is 28.1 Å². The highest BCUT2D eigenvalue weighted by atomic mass is 32.3. The van der Waals surface area contributed by atoms with Crippen molar-refractivity contribution in [2.24, 2.45) is 0 Å². The lowest BCUT2D eigenvalue weighted by molar-refractivity contribution is -0.137. The molecule has 3 N–H and O–H groups in total. The fourth-order valence-corrected chi connectivity index (χ4v) is 5.94. The lowest BCUT2D eigenvalue weighted by atomic mass is 10.1. The number of hydrogen-bond donors (Lipinski definition) is 3. The van der Waals surface area contributed by atoms with Gasteiger partial charge < -0.3 is 10.2 Å². The Morgan fingerprint density at radius 3 is 2.45 bits per heavy atom. The van der Waals surface area contributed by atoms with Crippen LogP contribution in [0, 0.1) is 6.92 Å². The number of amides is 2. The highest BCUT2D eigenvalue weighted by molar-refractivity contribution is 8.24. The number of carbonyl (C=O) groups excluding carboxylic acids is 2. The van der Waals surface area contributed by atoms with Crippen LogP contribution in [0.5, 0.6) is 0 Å². The Balaban J connectivity index is 1.73. The van der Waals surface area contributed by atoms with E-state index in [1.54, 1.807) is 18.2 Å². The maximum atomic E-state index is 13.4. The molecule has 38 heavy (non-hydrogen) atoms. The van der Waals surface area contributed by atoms with Gasteiger partial charge in [0, 0.05) is 37.8 Å². The van der Waals surface area contributed by atoms with Crippen molar-refractivity contribution in [3.05, 3.63) is 92.4 Å². The lowest BCUT2D eigenvalue weighted by Gasteiger charge is -2.27. The molecule has 0 saturated carbocycles. The zero-order chi connectivity index (χ0) is 28.0. The predicted molar refractivity (Wildman–Crippen MR) is 137 cm³/mol. The molecule has 3 aromatic rings. The lowest BCUT2D eigenvalue weighted by Crippen LogP contribution is -2.35. The van der Waals surface area contributed by atoms with Crippen molar-refractivity contribution in [2.75, 3.05) is 19.8 Å². The first kappa shape index (κ1) is 27.4. The fraction of sp³-hybridized carbons (Fsp3) is 0.269. The monoisotopic (exact) mass is 549 g/mol. The van der Waals surface area contributed by atoms with Crippen LogP contribution in [0.3, 0.4) is 0 Å². The Morgan fingerprint density at radius 1 is 1.08 bits per heavy atom. The van der Waals surface area contributed by atoms with Gasteiger partial charge in [-0.15, -0.1) is 0 Å². The van der Waals surface area contributed by atoms with Crippen molar-refractivity contribution in [2.45, 2.75) is 31.0 Å². The van der Waals surface area contributed by atoms with E-state index in [1.165, 1.54) is 32.0 Å². The second-order valence-corrected chi connectivity index (χ2v) is 11.4. The van der Waals surface area contributed by atoms with Crippen LogP contribution in [0.25, 0.3) is 5.69 Å². The van der Waals surface area contributed by atoms with Crippen molar-refractivity contribution >= 4 is 22.4 Å². The van der Waals surface area contributed by atoms with Gasteiger partial charge in [0.15, 0.2) is 0 Å². The number of rotatable bonds is 5. The number of fused-ring (bicyclic) bond motifs is 1. The molecule has 0 bridgehead atoms. The number of pyridine rings is 1. The Morgan fingerprint density at radius 2 is 1.79 bits per heavy atom. The molecule has 0 saturated heterocycles. The number of hydrogen-bond acceptors (Lipinski definition) is 5. The zero-order valence-electron chi connectivity index (χ0n) is 20.8. The van der Waals surface area contributed by atoms with E-state index in [0.717, 1.165) is 34.4 Å². The van der Waals surface area contributed by atoms with Gasteiger partial charge >= 0.3 is 6.18 Å². The second kappa shape index (κ2) is 9.93. The molecule has 12 heteroatoms. The van der Waals surface area contributed by atoms with Gasteiger partial charge in [-0.25, -0.2) is 0 Å². The first-order chi connectivity index (χ1) is 17.7. The van der Waals surface area contributed by atoms with Crippen LogP contribution in [0.4, 0.5) is 13.2 Å².